The molecule has 0 saturated carbocycles. The van der Waals surface area contributed by atoms with Crippen molar-refractivity contribution < 1.29 is 9.62 Å². The average molecular weight is 219 g/mol. The van der Waals surface area contributed by atoms with Gasteiger partial charge in [-0.1, -0.05) is 6.07 Å². The van der Waals surface area contributed by atoms with Gasteiger partial charge < -0.3 is 9.62 Å². The highest BCUT2D eigenvalue weighted by atomic mass is 16.5. The summed E-state index contributed by atoms with van der Waals surface area (Å²) in [5.74, 6) is 0.675. The van der Waals surface area contributed by atoms with Crippen LogP contribution in [0.5, 0.6) is 0 Å². The number of aromatic nitrogens is 2. The summed E-state index contributed by atoms with van der Waals surface area (Å²) in [4.78, 5) is 8.24. The maximum atomic E-state index is 8.50. The lowest BCUT2D eigenvalue weighted by atomic mass is 10.1. The molecule has 0 aromatic carbocycles. The van der Waals surface area contributed by atoms with Crippen molar-refractivity contribution in [2.45, 2.75) is 19.4 Å². The second kappa shape index (κ2) is 5.39. The van der Waals surface area contributed by atoms with E-state index in [-0.39, 0.29) is 0 Å². The number of aryl methyl sites for hydroxylation is 2. The van der Waals surface area contributed by atoms with Crippen LogP contribution in [0, 0.1) is 0 Å². The van der Waals surface area contributed by atoms with E-state index in [1.807, 2.05) is 23.8 Å². The molecule has 5 heteroatoms. The molecule has 5 nitrogen and oxygen atoms in total. The standard InChI is InChI=1S/C11H13N3O2/c15-13-7-10-8-16-11(14-10)4-3-9-2-1-5-12-6-9/h1-2,5-6,8,13,15H,3-4,7H2. The van der Waals surface area contributed by atoms with E-state index in [2.05, 4.69) is 9.97 Å². The maximum absolute atomic E-state index is 8.50. The minimum atomic E-state index is 0.302. The summed E-state index contributed by atoms with van der Waals surface area (Å²) in [6.45, 7) is 0.302. The summed E-state index contributed by atoms with van der Waals surface area (Å²) in [6, 6.07) is 3.93. The molecule has 0 atom stereocenters. The zero-order chi connectivity index (χ0) is 11.2. The Hall–Kier alpha value is -1.72. The van der Waals surface area contributed by atoms with Crippen molar-refractivity contribution >= 4 is 0 Å². The number of oxazole rings is 1. The molecule has 0 aliphatic carbocycles. The molecule has 2 rings (SSSR count). The molecule has 0 unspecified atom stereocenters. The van der Waals surface area contributed by atoms with Gasteiger partial charge in [-0.05, 0) is 18.1 Å². The van der Waals surface area contributed by atoms with E-state index in [0.29, 0.717) is 18.1 Å². The number of pyridine rings is 1. The first-order valence-corrected chi connectivity index (χ1v) is 5.07. The van der Waals surface area contributed by atoms with Crippen molar-refractivity contribution in [1.29, 1.82) is 0 Å². The van der Waals surface area contributed by atoms with Crippen molar-refractivity contribution in [1.82, 2.24) is 15.4 Å². The summed E-state index contributed by atoms with van der Waals surface area (Å²) in [6.07, 6.45) is 6.71. The smallest absolute Gasteiger partial charge is 0.194 e. The van der Waals surface area contributed by atoms with Gasteiger partial charge >= 0.3 is 0 Å². The number of hydrogen-bond donors (Lipinski definition) is 2. The van der Waals surface area contributed by atoms with Gasteiger partial charge in [0.2, 0.25) is 0 Å². The van der Waals surface area contributed by atoms with Crippen LogP contribution in [0.1, 0.15) is 17.1 Å². The molecule has 0 aliphatic heterocycles. The fraction of sp³-hybridized carbons (Fsp3) is 0.273. The minimum absolute atomic E-state index is 0.302. The van der Waals surface area contributed by atoms with Crippen LogP contribution < -0.4 is 5.48 Å². The first kappa shape index (κ1) is 10.8. The van der Waals surface area contributed by atoms with Gasteiger partial charge in [-0.2, -0.15) is 5.48 Å². The van der Waals surface area contributed by atoms with Gasteiger partial charge in [0.25, 0.3) is 0 Å². The number of hydrogen-bond acceptors (Lipinski definition) is 5. The summed E-state index contributed by atoms with van der Waals surface area (Å²) < 4.78 is 5.26. The molecule has 0 aliphatic rings. The lowest BCUT2D eigenvalue weighted by Gasteiger charge is -1.96. The molecule has 0 fully saturated rings. The Morgan fingerprint density at radius 3 is 3.06 bits per heavy atom. The van der Waals surface area contributed by atoms with Crippen molar-refractivity contribution in [3.05, 3.63) is 47.9 Å². The van der Waals surface area contributed by atoms with Crippen LogP contribution in [0.2, 0.25) is 0 Å². The second-order valence-corrected chi connectivity index (χ2v) is 3.43. The first-order valence-electron chi connectivity index (χ1n) is 5.07. The monoisotopic (exact) mass is 219 g/mol. The van der Waals surface area contributed by atoms with E-state index in [1.54, 1.807) is 12.5 Å². The zero-order valence-electron chi connectivity index (χ0n) is 8.76. The van der Waals surface area contributed by atoms with Gasteiger partial charge in [0, 0.05) is 18.8 Å². The summed E-state index contributed by atoms with van der Waals surface area (Å²) in [5.41, 5.74) is 3.89. The maximum Gasteiger partial charge on any atom is 0.194 e. The third kappa shape index (κ3) is 2.88. The van der Waals surface area contributed by atoms with E-state index in [0.717, 1.165) is 18.4 Å². The van der Waals surface area contributed by atoms with Crippen molar-refractivity contribution in [2.24, 2.45) is 0 Å². The van der Waals surface area contributed by atoms with Gasteiger partial charge in [-0.3, -0.25) is 4.98 Å². The lowest BCUT2D eigenvalue weighted by Crippen LogP contribution is -2.06. The minimum Gasteiger partial charge on any atom is -0.449 e. The fourth-order valence-corrected chi connectivity index (χ4v) is 1.42. The Morgan fingerprint density at radius 1 is 1.38 bits per heavy atom. The predicted molar refractivity (Wildman–Crippen MR) is 56.8 cm³/mol. The van der Waals surface area contributed by atoms with E-state index in [9.17, 15) is 0 Å². The Bertz CT molecular complexity index is 428. The second-order valence-electron chi connectivity index (χ2n) is 3.43. The Kier molecular flexibility index (Phi) is 3.63. The molecule has 84 valence electrons. The molecule has 0 radical (unpaired) electrons. The Balaban J connectivity index is 1.89. The lowest BCUT2D eigenvalue weighted by molar-refractivity contribution is 0.160. The number of nitrogens with zero attached hydrogens (tertiary/aromatic N) is 2. The van der Waals surface area contributed by atoms with E-state index in [4.69, 9.17) is 9.62 Å². The molecule has 2 aromatic heterocycles. The van der Waals surface area contributed by atoms with Crippen molar-refractivity contribution in [3.8, 4) is 0 Å². The molecule has 0 bridgehead atoms. The van der Waals surface area contributed by atoms with Crippen LogP contribution in [0.4, 0.5) is 0 Å². The third-order valence-corrected chi connectivity index (χ3v) is 2.21. The normalized spacial score (nSPS) is 10.6. The fourth-order valence-electron chi connectivity index (χ4n) is 1.42. The Labute approximate surface area is 93.1 Å². The highest BCUT2D eigenvalue weighted by Crippen LogP contribution is 2.06. The van der Waals surface area contributed by atoms with Gasteiger partial charge in [-0.15, -0.1) is 0 Å². The van der Waals surface area contributed by atoms with Gasteiger partial charge in [0.05, 0.1) is 12.2 Å². The molecule has 0 amide bonds. The molecule has 0 saturated heterocycles. The predicted octanol–water partition coefficient (Wildman–Crippen LogP) is 1.33. The van der Waals surface area contributed by atoms with Crippen molar-refractivity contribution in [3.63, 3.8) is 0 Å². The van der Waals surface area contributed by atoms with Gasteiger partial charge in [-0.25, -0.2) is 4.98 Å². The van der Waals surface area contributed by atoms with E-state index < -0.39 is 0 Å². The number of nitrogens with one attached hydrogen (secondary N) is 1. The molecular formula is C11H13N3O2. The largest absolute Gasteiger partial charge is 0.449 e. The molecule has 0 spiro atoms. The van der Waals surface area contributed by atoms with Crippen LogP contribution in [-0.2, 0) is 19.4 Å². The van der Waals surface area contributed by atoms with Crippen LogP contribution in [0.15, 0.2) is 35.2 Å². The number of rotatable bonds is 5. The molecule has 2 aromatic rings. The topological polar surface area (TPSA) is 71.2 Å². The first-order chi connectivity index (χ1) is 7.88. The van der Waals surface area contributed by atoms with Crippen LogP contribution in [0.3, 0.4) is 0 Å². The van der Waals surface area contributed by atoms with Crippen LogP contribution in [-0.4, -0.2) is 15.2 Å². The average Bonchev–Trinajstić information content (AvgIpc) is 2.76. The molecule has 2 N–H and O–H groups in total. The highest BCUT2D eigenvalue weighted by Gasteiger charge is 2.03. The molecule has 16 heavy (non-hydrogen) atoms. The molecule has 2 heterocycles. The van der Waals surface area contributed by atoms with Gasteiger partial charge in [0.15, 0.2) is 5.89 Å². The Morgan fingerprint density at radius 2 is 2.31 bits per heavy atom. The van der Waals surface area contributed by atoms with Crippen molar-refractivity contribution in [2.75, 3.05) is 0 Å². The molecular weight excluding hydrogens is 206 g/mol. The number of hydroxylamine groups is 1. The third-order valence-electron chi connectivity index (χ3n) is 2.21. The zero-order valence-corrected chi connectivity index (χ0v) is 8.76. The SMILES string of the molecule is ONCc1coc(CCc2cccnc2)n1. The van der Waals surface area contributed by atoms with Crippen LogP contribution >= 0.6 is 0 Å². The van der Waals surface area contributed by atoms with Crippen LogP contribution in [0.25, 0.3) is 0 Å². The summed E-state index contributed by atoms with van der Waals surface area (Å²) >= 11 is 0. The van der Waals surface area contributed by atoms with Gasteiger partial charge in [0.1, 0.15) is 6.26 Å². The van der Waals surface area contributed by atoms with E-state index in [1.165, 1.54) is 0 Å². The quantitative estimate of drug-likeness (QED) is 0.742. The van der Waals surface area contributed by atoms with E-state index >= 15 is 0 Å². The summed E-state index contributed by atoms with van der Waals surface area (Å²) in [7, 11) is 0. The summed E-state index contributed by atoms with van der Waals surface area (Å²) in [5, 5.41) is 8.50. The highest BCUT2D eigenvalue weighted by molar-refractivity contribution is 5.09.